The van der Waals surface area contributed by atoms with Crippen molar-refractivity contribution >= 4 is 0 Å². The van der Waals surface area contributed by atoms with Gasteiger partial charge >= 0.3 is 0 Å². The average Bonchev–Trinajstić information content (AvgIpc) is 2.88. The summed E-state index contributed by atoms with van der Waals surface area (Å²) in [5, 5.41) is 0. The number of rotatable bonds is 7. The molecule has 0 heterocycles. The Morgan fingerprint density at radius 2 is 0.674 bits per heavy atom. The fraction of sp³-hybridized carbons (Fsp3) is 0.647. The molecule has 4 rings (SSSR count). The lowest BCUT2D eigenvalue weighted by Gasteiger charge is -2.44. The van der Waals surface area contributed by atoms with E-state index in [1.165, 1.54) is 0 Å². The van der Waals surface area contributed by atoms with Crippen molar-refractivity contribution < 1.29 is 44.6 Å². The van der Waals surface area contributed by atoms with E-state index in [2.05, 4.69) is 0 Å². The van der Waals surface area contributed by atoms with Gasteiger partial charge in [-0.3, -0.25) is 0 Å². The first-order valence-electron chi connectivity index (χ1n) is 15.4. The second kappa shape index (κ2) is 12.1. The monoisotopic (exact) mass is 664 g/mol. The van der Waals surface area contributed by atoms with Crippen LogP contribution in [-0.2, 0) is 0 Å². The van der Waals surface area contributed by atoms with Gasteiger partial charge < -0.3 is 20.9 Å². The number of hydrogen-bond acceptors (Lipinski definition) is 4. The minimum absolute atomic E-state index is 0.297. The first-order chi connectivity index (χ1) is 20.9. The Morgan fingerprint density at radius 1 is 0.457 bits per heavy atom. The van der Waals surface area contributed by atoms with E-state index in [1.807, 2.05) is 55.4 Å². The highest BCUT2D eigenvalue weighted by atomic mass is 19.2. The molecule has 0 aromatic heterocycles. The van der Waals surface area contributed by atoms with Gasteiger partial charge in [-0.2, -0.15) is 17.6 Å². The van der Waals surface area contributed by atoms with Crippen molar-refractivity contribution in [2.45, 2.75) is 118 Å². The van der Waals surface area contributed by atoms with E-state index in [0.717, 1.165) is 12.8 Å². The third-order valence-electron chi connectivity index (χ3n) is 9.17. The average molecular weight is 665 g/mol. The first kappa shape index (κ1) is 36.2. The third kappa shape index (κ3) is 7.12. The molecule has 0 saturated heterocycles. The predicted octanol–water partition coefficient (Wildman–Crippen LogP) is 9.47. The molecule has 4 N–H and O–H groups in total. The molecule has 0 radical (unpaired) electrons. The highest BCUT2D eigenvalue weighted by molar-refractivity contribution is 5.41. The first-order valence-corrected chi connectivity index (χ1v) is 15.4. The van der Waals surface area contributed by atoms with Crippen LogP contribution >= 0.6 is 0 Å². The minimum atomic E-state index is -2.39. The van der Waals surface area contributed by atoms with Crippen LogP contribution in [0, 0.1) is 68.2 Å². The number of hydrogen-bond donors (Lipinski definition) is 2. The molecule has 2 aliphatic rings. The highest BCUT2D eigenvalue weighted by Gasteiger charge is 2.43. The fourth-order valence-electron chi connectivity index (χ4n) is 8.40. The van der Waals surface area contributed by atoms with Gasteiger partial charge in [0, 0.05) is 11.1 Å². The summed E-state index contributed by atoms with van der Waals surface area (Å²) < 4.78 is 133. The molecule has 0 amide bonds. The number of benzene rings is 2. The number of nitrogens with two attached hydrogens (primary N) is 2. The van der Waals surface area contributed by atoms with Crippen molar-refractivity contribution in [3.05, 3.63) is 57.7 Å². The van der Waals surface area contributed by atoms with E-state index < -0.39 is 93.5 Å². The normalized spacial score (nSPS) is 22.4. The molecule has 2 aliphatic carbocycles. The predicted molar refractivity (Wildman–Crippen MR) is 158 cm³/mol. The van der Waals surface area contributed by atoms with Gasteiger partial charge in [-0.05, 0) is 60.2 Å². The van der Waals surface area contributed by atoms with Crippen LogP contribution in [0.4, 0.5) is 35.1 Å². The topological polar surface area (TPSA) is 70.5 Å². The molecule has 258 valence electrons. The minimum Gasteiger partial charge on any atom is -0.484 e. The Labute approximate surface area is 265 Å². The zero-order valence-corrected chi connectivity index (χ0v) is 27.5. The maximum atomic E-state index is 15.3. The maximum absolute atomic E-state index is 15.3. The van der Waals surface area contributed by atoms with E-state index in [9.17, 15) is 0 Å². The summed E-state index contributed by atoms with van der Waals surface area (Å²) in [7, 11) is 0. The van der Waals surface area contributed by atoms with E-state index in [-0.39, 0.29) is 21.7 Å². The third-order valence-corrected chi connectivity index (χ3v) is 9.17. The summed E-state index contributed by atoms with van der Waals surface area (Å²) in [5.41, 5.74) is 7.42. The Kier molecular flexibility index (Phi) is 9.56. The van der Waals surface area contributed by atoms with E-state index in [1.54, 1.807) is 0 Å². The van der Waals surface area contributed by atoms with Crippen molar-refractivity contribution in [2.24, 2.45) is 33.1 Å². The molecule has 0 aliphatic heterocycles. The van der Waals surface area contributed by atoms with Crippen LogP contribution < -0.4 is 20.9 Å². The van der Waals surface area contributed by atoms with Gasteiger partial charge in [0.2, 0.25) is 23.3 Å². The molecule has 2 saturated carbocycles. The van der Waals surface area contributed by atoms with Crippen LogP contribution in [0.2, 0.25) is 0 Å². The van der Waals surface area contributed by atoms with Gasteiger partial charge in [-0.1, -0.05) is 55.4 Å². The van der Waals surface area contributed by atoms with Crippen LogP contribution in [0.3, 0.4) is 0 Å². The van der Waals surface area contributed by atoms with E-state index in [4.69, 9.17) is 20.9 Å². The molecule has 4 nitrogen and oxygen atoms in total. The van der Waals surface area contributed by atoms with E-state index >= 15 is 35.1 Å². The zero-order chi connectivity index (χ0) is 34.9. The zero-order valence-electron chi connectivity index (χ0n) is 27.5. The molecule has 12 heteroatoms. The van der Waals surface area contributed by atoms with Crippen molar-refractivity contribution in [1.29, 1.82) is 0 Å². The van der Waals surface area contributed by atoms with Gasteiger partial charge in [-0.15, -0.1) is 0 Å². The Balaban J connectivity index is 1.67. The lowest BCUT2D eigenvalue weighted by atomic mass is 9.64. The summed E-state index contributed by atoms with van der Waals surface area (Å²) in [6.45, 7) is 15.5. The van der Waals surface area contributed by atoms with Crippen molar-refractivity contribution in [2.75, 3.05) is 0 Å². The summed E-state index contributed by atoms with van der Waals surface area (Å²) in [5.74, 6) is -18.4. The highest BCUT2D eigenvalue weighted by Crippen LogP contribution is 2.49. The van der Waals surface area contributed by atoms with Crippen LogP contribution in [0.5, 0.6) is 11.5 Å². The quantitative estimate of drug-likeness (QED) is 0.229. The standard InChI is InChI=1S/C34H44F8N2O2/c1-31(2)9-15(10-32(3,4)13-31)45-29-23(39)19(35)17(20(36)24(29)40)27(43)28(44)18-21(37)25(41)30(26(42)22(18)38)46-16-11-33(5,6)14-34(7,8)12-16/h15-16,27-28H,9-14,43-44H2,1-8H3/t27-,28-/m0/s1. The molecule has 2 atom stereocenters. The molecule has 2 aromatic rings. The second-order valence-corrected chi connectivity index (χ2v) is 16.4. The van der Waals surface area contributed by atoms with Crippen LogP contribution in [-0.4, -0.2) is 12.2 Å². The van der Waals surface area contributed by atoms with Gasteiger partial charge in [0.05, 0.1) is 12.1 Å². The summed E-state index contributed by atoms with van der Waals surface area (Å²) in [6.07, 6.45) is 1.35. The maximum Gasteiger partial charge on any atom is 0.204 e. The van der Waals surface area contributed by atoms with Crippen LogP contribution in [0.25, 0.3) is 0 Å². The second-order valence-electron chi connectivity index (χ2n) is 16.4. The lowest BCUT2D eigenvalue weighted by molar-refractivity contribution is 0.00832. The van der Waals surface area contributed by atoms with Gasteiger partial charge in [0.1, 0.15) is 12.2 Å². The molecule has 0 bridgehead atoms. The largest absolute Gasteiger partial charge is 0.484 e. The smallest absolute Gasteiger partial charge is 0.204 e. The molecule has 46 heavy (non-hydrogen) atoms. The molecular weight excluding hydrogens is 620 g/mol. The van der Waals surface area contributed by atoms with Crippen molar-refractivity contribution in [3.8, 4) is 11.5 Å². The van der Waals surface area contributed by atoms with E-state index in [0.29, 0.717) is 25.7 Å². The number of halogens is 8. The summed E-state index contributed by atoms with van der Waals surface area (Å²) >= 11 is 0. The fourth-order valence-corrected chi connectivity index (χ4v) is 8.40. The molecule has 2 aromatic carbocycles. The lowest BCUT2D eigenvalue weighted by Crippen LogP contribution is -2.40. The Bertz CT molecular complexity index is 1310. The van der Waals surface area contributed by atoms with Gasteiger partial charge in [-0.25, -0.2) is 17.6 Å². The van der Waals surface area contributed by atoms with Gasteiger partial charge in [0.25, 0.3) is 0 Å². The SMILES string of the molecule is CC1(C)CC(Oc2c(F)c(F)c([C@H](N)[C@@H](N)c3c(F)c(F)c(OC4CC(C)(C)CC(C)(C)C4)c(F)c3F)c(F)c2F)CC(C)(C)C1. The Morgan fingerprint density at radius 3 is 0.891 bits per heavy atom. The van der Waals surface area contributed by atoms with Gasteiger partial charge in [0.15, 0.2) is 34.8 Å². The van der Waals surface area contributed by atoms with Crippen LogP contribution in [0.1, 0.15) is 117 Å². The summed E-state index contributed by atoms with van der Waals surface area (Å²) in [6, 6.07) is -4.78. The Hall–Kier alpha value is -2.60. The molecular formula is C34H44F8N2O2. The number of ether oxygens (including phenoxy) is 2. The molecule has 0 spiro atoms. The van der Waals surface area contributed by atoms with Crippen molar-refractivity contribution in [1.82, 2.24) is 0 Å². The van der Waals surface area contributed by atoms with Crippen LogP contribution in [0.15, 0.2) is 0 Å². The van der Waals surface area contributed by atoms with Crippen molar-refractivity contribution in [3.63, 3.8) is 0 Å². The molecule has 2 fully saturated rings. The molecule has 0 unspecified atom stereocenters. The summed E-state index contributed by atoms with van der Waals surface area (Å²) in [4.78, 5) is 0.